The lowest BCUT2D eigenvalue weighted by Crippen LogP contribution is -2.39. The van der Waals surface area contributed by atoms with Gasteiger partial charge in [0.1, 0.15) is 17.7 Å². The molecule has 1 amide bonds. The summed E-state index contributed by atoms with van der Waals surface area (Å²) in [6.45, 7) is 5.08. The zero-order valence-electron chi connectivity index (χ0n) is 23.2. The SMILES string of the molecule is CC(=O)NCCN(CCCCc1ccc2c(n1)NCCC2)CCC(Nc1cc(-c2ccccc2)ccn1)C(=O)O. The highest BCUT2D eigenvalue weighted by atomic mass is 16.4. The van der Waals surface area contributed by atoms with E-state index in [4.69, 9.17) is 4.98 Å². The number of amides is 1. The van der Waals surface area contributed by atoms with Crippen molar-refractivity contribution in [3.8, 4) is 11.1 Å². The van der Waals surface area contributed by atoms with E-state index < -0.39 is 12.0 Å². The number of aliphatic carboxylic acids is 1. The second kappa shape index (κ2) is 15.0. The quantitative estimate of drug-likeness (QED) is 0.210. The smallest absolute Gasteiger partial charge is 0.326 e. The van der Waals surface area contributed by atoms with E-state index in [9.17, 15) is 14.7 Å². The Hall–Kier alpha value is -3.98. The first-order valence-corrected chi connectivity index (χ1v) is 14.2. The van der Waals surface area contributed by atoms with Gasteiger partial charge >= 0.3 is 5.97 Å². The first-order valence-electron chi connectivity index (χ1n) is 14.2. The highest BCUT2D eigenvalue weighted by Gasteiger charge is 2.20. The summed E-state index contributed by atoms with van der Waals surface area (Å²) in [7, 11) is 0. The van der Waals surface area contributed by atoms with Gasteiger partial charge in [-0.2, -0.15) is 0 Å². The molecule has 1 atom stereocenters. The summed E-state index contributed by atoms with van der Waals surface area (Å²) >= 11 is 0. The van der Waals surface area contributed by atoms with Crippen LogP contribution in [-0.4, -0.2) is 70.6 Å². The molecule has 3 heterocycles. The van der Waals surface area contributed by atoms with Gasteiger partial charge < -0.3 is 26.0 Å². The highest BCUT2D eigenvalue weighted by molar-refractivity contribution is 5.77. The second-order valence-electron chi connectivity index (χ2n) is 10.2. The van der Waals surface area contributed by atoms with Crippen LogP contribution in [-0.2, 0) is 22.4 Å². The summed E-state index contributed by atoms with van der Waals surface area (Å²) < 4.78 is 0. The number of benzene rings is 1. The number of aryl methyl sites for hydroxylation is 2. The van der Waals surface area contributed by atoms with Crippen molar-refractivity contribution in [1.82, 2.24) is 20.2 Å². The lowest BCUT2D eigenvalue weighted by molar-refractivity contribution is -0.138. The molecular weight excluding hydrogens is 504 g/mol. The van der Waals surface area contributed by atoms with Crippen LogP contribution in [0.25, 0.3) is 11.1 Å². The van der Waals surface area contributed by atoms with E-state index in [0.717, 1.165) is 67.8 Å². The fourth-order valence-corrected chi connectivity index (χ4v) is 4.94. The molecule has 0 bridgehead atoms. The Kier molecular flexibility index (Phi) is 10.9. The Morgan fingerprint density at radius 2 is 1.90 bits per heavy atom. The van der Waals surface area contributed by atoms with Crippen molar-refractivity contribution < 1.29 is 14.7 Å². The molecule has 1 aliphatic rings. The fraction of sp³-hybridized carbons (Fsp3) is 0.419. The minimum atomic E-state index is -0.916. The monoisotopic (exact) mass is 544 g/mol. The predicted octanol–water partition coefficient (Wildman–Crippen LogP) is 4.22. The number of unbranched alkanes of at least 4 members (excludes halogenated alkanes) is 1. The largest absolute Gasteiger partial charge is 0.480 e. The highest BCUT2D eigenvalue weighted by Crippen LogP contribution is 2.22. The second-order valence-corrected chi connectivity index (χ2v) is 10.2. The molecule has 0 aliphatic carbocycles. The Labute approximate surface area is 236 Å². The molecule has 0 spiro atoms. The number of fused-ring (bicyclic) bond motifs is 1. The van der Waals surface area contributed by atoms with E-state index in [0.29, 0.717) is 31.9 Å². The number of carbonyl (C=O) groups is 2. The van der Waals surface area contributed by atoms with Gasteiger partial charge in [-0.3, -0.25) is 4.79 Å². The van der Waals surface area contributed by atoms with Gasteiger partial charge in [0.05, 0.1) is 0 Å². The topological polar surface area (TPSA) is 119 Å². The van der Waals surface area contributed by atoms with Crippen molar-refractivity contribution in [1.29, 1.82) is 0 Å². The molecule has 4 N–H and O–H groups in total. The van der Waals surface area contributed by atoms with Crippen LogP contribution in [0.1, 0.15) is 43.9 Å². The zero-order valence-corrected chi connectivity index (χ0v) is 23.2. The normalized spacial score (nSPS) is 13.2. The van der Waals surface area contributed by atoms with E-state index in [1.165, 1.54) is 12.5 Å². The number of aromatic nitrogens is 2. The maximum Gasteiger partial charge on any atom is 0.326 e. The van der Waals surface area contributed by atoms with Gasteiger partial charge in [-0.25, -0.2) is 14.8 Å². The summed E-state index contributed by atoms with van der Waals surface area (Å²) in [5.74, 6) is 0.574. The van der Waals surface area contributed by atoms with E-state index in [2.05, 4.69) is 38.0 Å². The minimum absolute atomic E-state index is 0.0681. The van der Waals surface area contributed by atoms with Crippen molar-refractivity contribution in [3.05, 3.63) is 72.1 Å². The minimum Gasteiger partial charge on any atom is -0.480 e. The maximum atomic E-state index is 12.1. The molecule has 40 heavy (non-hydrogen) atoms. The molecule has 3 aromatic rings. The molecule has 1 aliphatic heterocycles. The number of rotatable bonds is 15. The number of carboxylic acids is 1. The van der Waals surface area contributed by atoms with Gasteiger partial charge in [0.2, 0.25) is 5.91 Å². The fourth-order valence-electron chi connectivity index (χ4n) is 4.94. The van der Waals surface area contributed by atoms with Crippen molar-refractivity contribution >= 4 is 23.5 Å². The Morgan fingerprint density at radius 1 is 1.05 bits per heavy atom. The van der Waals surface area contributed by atoms with Crippen molar-refractivity contribution in [2.75, 3.05) is 43.4 Å². The summed E-state index contributed by atoms with van der Waals surface area (Å²) in [5, 5.41) is 19.3. The van der Waals surface area contributed by atoms with Crippen LogP contribution < -0.4 is 16.0 Å². The zero-order chi connectivity index (χ0) is 28.2. The van der Waals surface area contributed by atoms with Gasteiger partial charge in [-0.05, 0) is 80.0 Å². The van der Waals surface area contributed by atoms with Crippen LogP contribution in [0, 0.1) is 0 Å². The molecule has 212 valence electrons. The van der Waals surface area contributed by atoms with Crippen molar-refractivity contribution in [2.24, 2.45) is 0 Å². The first-order chi connectivity index (χ1) is 19.5. The number of anilines is 2. The average Bonchev–Trinajstić information content (AvgIpc) is 2.97. The molecule has 1 aromatic carbocycles. The third-order valence-electron chi connectivity index (χ3n) is 7.13. The lowest BCUT2D eigenvalue weighted by atomic mass is 10.1. The molecule has 1 unspecified atom stereocenters. The number of pyridine rings is 2. The van der Waals surface area contributed by atoms with Crippen LogP contribution in [0.15, 0.2) is 60.8 Å². The summed E-state index contributed by atoms with van der Waals surface area (Å²) in [4.78, 5) is 34.9. The van der Waals surface area contributed by atoms with E-state index >= 15 is 0 Å². The molecule has 4 rings (SSSR count). The van der Waals surface area contributed by atoms with Crippen molar-refractivity contribution in [2.45, 2.75) is 51.5 Å². The number of nitrogens with one attached hydrogen (secondary N) is 3. The molecule has 2 aromatic heterocycles. The average molecular weight is 545 g/mol. The van der Waals surface area contributed by atoms with E-state index in [1.54, 1.807) is 6.20 Å². The van der Waals surface area contributed by atoms with Gasteiger partial charge in [-0.15, -0.1) is 0 Å². The van der Waals surface area contributed by atoms with Crippen LogP contribution in [0.4, 0.5) is 11.6 Å². The first kappa shape index (κ1) is 29.0. The predicted molar refractivity (Wildman–Crippen MR) is 158 cm³/mol. The molecular formula is C31H40N6O3. The number of carbonyl (C=O) groups excluding carboxylic acids is 1. The standard InChI is InChI=1S/C31H40N6O3/c1-23(38)32-18-21-37(19-6-5-11-27-13-12-25-10-7-16-34-30(25)35-27)20-15-28(31(39)40)36-29-22-26(14-17-33-29)24-8-3-2-4-9-24/h2-4,8-9,12-14,17,22,28H,5-7,10-11,15-16,18-21H2,1H3,(H,32,38)(H,33,36)(H,34,35)(H,39,40). The molecule has 0 saturated carbocycles. The molecule has 0 saturated heterocycles. The van der Waals surface area contributed by atoms with Crippen molar-refractivity contribution in [3.63, 3.8) is 0 Å². The number of hydrogen-bond donors (Lipinski definition) is 4. The third kappa shape index (κ3) is 9.05. The van der Waals surface area contributed by atoms with Gasteiger partial charge in [0.25, 0.3) is 0 Å². The molecule has 9 nitrogen and oxygen atoms in total. The van der Waals surface area contributed by atoms with Crippen LogP contribution in [0.3, 0.4) is 0 Å². The van der Waals surface area contributed by atoms with Crippen LogP contribution >= 0.6 is 0 Å². The van der Waals surface area contributed by atoms with E-state index in [1.807, 2.05) is 42.5 Å². The number of hydrogen-bond acceptors (Lipinski definition) is 7. The molecule has 0 radical (unpaired) electrons. The van der Waals surface area contributed by atoms with Gasteiger partial charge in [-0.1, -0.05) is 36.4 Å². The molecule has 0 fully saturated rings. The van der Waals surface area contributed by atoms with E-state index in [-0.39, 0.29) is 5.91 Å². The summed E-state index contributed by atoms with van der Waals surface area (Å²) in [6.07, 6.45) is 7.17. The number of carboxylic acid groups (broad SMARTS) is 1. The Bertz CT molecular complexity index is 1250. The summed E-state index contributed by atoms with van der Waals surface area (Å²) in [5.41, 5.74) is 4.41. The van der Waals surface area contributed by atoms with Crippen LogP contribution in [0.2, 0.25) is 0 Å². The third-order valence-corrected chi connectivity index (χ3v) is 7.13. The van der Waals surface area contributed by atoms with Crippen LogP contribution in [0.5, 0.6) is 0 Å². The van der Waals surface area contributed by atoms with Gasteiger partial charge in [0, 0.05) is 45.0 Å². The van der Waals surface area contributed by atoms with Gasteiger partial charge in [0.15, 0.2) is 0 Å². The molecule has 9 heteroatoms. The summed E-state index contributed by atoms with van der Waals surface area (Å²) in [6, 6.07) is 17.3. The Balaban J connectivity index is 1.30. The maximum absolute atomic E-state index is 12.1. The number of nitrogens with zero attached hydrogens (tertiary/aromatic N) is 3. The Morgan fingerprint density at radius 3 is 2.70 bits per heavy atom. The lowest BCUT2D eigenvalue weighted by Gasteiger charge is -2.25.